The Balaban J connectivity index is 1.87. The van der Waals surface area contributed by atoms with Crippen molar-refractivity contribution in [2.75, 3.05) is 19.0 Å². The summed E-state index contributed by atoms with van der Waals surface area (Å²) in [7, 11) is 4.12. The molecule has 106 valence electrons. The molecule has 2 nitrogen and oxygen atoms in total. The van der Waals surface area contributed by atoms with Crippen molar-refractivity contribution < 1.29 is 0 Å². The summed E-state index contributed by atoms with van der Waals surface area (Å²) in [6, 6.07) is 15.3. The Morgan fingerprint density at radius 2 is 1.40 bits per heavy atom. The molecule has 0 aliphatic carbocycles. The van der Waals surface area contributed by atoms with Gasteiger partial charge >= 0.3 is 0 Å². The number of hydrogen-bond acceptors (Lipinski definition) is 2. The van der Waals surface area contributed by atoms with E-state index in [-0.39, 0.29) is 0 Å². The summed E-state index contributed by atoms with van der Waals surface area (Å²) in [4.78, 5) is 2.12. The van der Waals surface area contributed by atoms with Gasteiger partial charge in [0.25, 0.3) is 0 Å². The Hall–Kier alpha value is -1.80. The Morgan fingerprint density at radius 1 is 0.800 bits per heavy atom. The summed E-state index contributed by atoms with van der Waals surface area (Å²) in [6.45, 7) is 6.13. The van der Waals surface area contributed by atoms with Gasteiger partial charge in [0, 0.05) is 32.9 Å². The van der Waals surface area contributed by atoms with Crippen molar-refractivity contribution in [3.63, 3.8) is 0 Å². The molecule has 20 heavy (non-hydrogen) atoms. The second-order valence-electron chi connectivity index (χ2n) is 5.58. The van der Waals surface area contributed by atoms with Crippen LogP contribution in [0.3, 0.4) is 0 Å². The van der Waals surface area contributed by atoms with Crippen LogP contribution in [0.4, 0.5) is 5.69 Å². The lowest BCUT2D eigenvalue weighted by Crippen LogP contribution is -2.13. The van der Waals surface area contributed by atoms with Crippen molar-refractivity contribution >= 4 is 5.69 Å². The summed E-state index contributed by atoms with van der Waals surface area (Å²) >= 11 is 0. The van der Waals surface area contributed by atoms with Gasteiger partial charge in [0.15, 0.2) is 0 Å². The average molecular weight is 268 g/mol. The molecule has 0 amide bonds. The normalized spacial score (nSPS) is 10.6. The Kier molecular flexibility index (Phi) is 4.80. The van der Waals surface area contributed by atoms with E-state index in [0.717, 1.165) is 13.1 Å². The highest BCUT2D eigenvalue weighted by atomic mass is 15.1. The van der Waals surface area contributed by atoms with Crippen molar-refractivity contribution in [3.05, 3.63) is 64.7 Å². The maximum absolute atomic E-state index is 3.50. The second kappa shape index (κ2) is 6.58. The second-order valence-corrected chi connectivity index (χ2v) is 5.58. The summed E-state index contributed by atoms with van der Waals surface area (Å²) in [5.41, 5.74) is 6.62. The van der Waals surface area contributed by atoms with Gasteiger partial charge in [0.05, 0.1) is 0 Å². The number of rotatable bonds is 5. The molecule has 0 fully saturated rings. The van der Waals surface area contributed by atoms with Gasteiger partial charge in [-0.3, -0.25) is 0 Å². The van der Waals surface area contributed by atoms with E-state index in [1.165, 1.54) is 27.9 Å². The summed E-state index contributed by atoms with van der Waals surface area (Å²) < 4.78 is 0. The number of anilines is 1. The van der Waals surface area contributed by atoms with Crippen LogP contribution in [0.25, 0.3) is 0 Å². The highest BCUT2D eigenvalue weighted by Crippen LogP contribution is 2.13. The van der Waals surface area contributed by atoms with Crippen molar-refractivity contribution in [2.45, 2.75) is 26.9 Å². The van der Waals surface area contributed by atoms with E-state index in [2.05, 4.69) is 80.6 Å². The van der Waals surface area contributed by atoms with Crippen LogP contribution in [0.1, 0.15) is 22.3 Å². The third-order valence-electron chi connectivity index (χ3n) is 3.68. The molecule has 0 heterocycles. The van der Waals surface area contributed by atoms with Gasteiger partial charge < -0.3 is 10.2 Å². The minimum absolute atomic E-state index is 0.903. The van der Waals surface area contributed by atoms with Crippen LogP contribution in [0.2, 0.25) is 0 Å². The molecule has 0 aliphatic heterocycles. The van der Waals surface area contributed by atoms with Crippen LogP contribution in [0.5, 0.6) is 0 Å². The standard InChI is InChI=1S/C18H24N2/c1-14-5-6-17(11-15(14)2)13-19-12-16-7-9-18(10-8-16)20(3)4/h5-11,19H,12-13H2,1-4H3. The summed E-state index contributed by atoms with van der Waals surface area (Å²) in [6.07, 6.45) is 0. The highest BCUT2D eigenvalue weighted by molar-refractivity contribution is 5.45. The fourth-order valence-corrected chi connectivity index (χ4v) is 2.18. The van der Waals surface area contributed by atoms with Gasteiger partial charge in [-0.25, -0.2) is 0 Å². The lowest BCUT2D eigenvalue weighted by Gasteiger charge is -2.13. The molecular weight excluding hydrogens is 244 g/mol. The topological polar surface area (TPSA) is 15.3 Å². The Morgan fingerprint density at radius 3 is 2.00 bits per heavy atom. The molecule has 0 saturated heterocycles. The molecule has 0 aliphatic rings. The molecule has 0 unspecified atom stereocenters. The largest absolute Gasteiger partial charge is 0.378 e. The smallest absolute Gasteiger partial charge is 0.0361 e. The molecule has 2 aromatic carbocycles. The van der Waals surface area contributed by atoms with Gasteiger partial charge in [-0.15, -0.1) is 0 Å². The lowest BCUT2D eigenvalue weighted by molar-refractivity contribution is 0.693. The van der Waals surface area contributed by atoms with Gasteiger partial charge in [-0.05, 0) is 48.2 Å². The molecule has 0 radical (unpaired) electrons. The zero-order chi connectivity index (χ0) is 14.5. The fraction of sp³-hybridized carbons (Fsp3) is 0.333. The van der Waals surface area contributed by atoms with Gasteiger partial charge in [0.1, 0.15) is 0 Å². The molecule has 0 bridgehead atoms. The molecule has 2 aromatic rings. The van der Waals surface area contributed by atoms with Crippen molar-refractivity contribution in [2.24, 2.45) is 0 Å². The van der Waals surface area contributed by atoms with Crippen LogP contribution in [0.15, 0.2) is 42.5 Å². The maximum Gasteiger partial charge on any atom is 0.0361 e. The van der Waals surface area contributed by atoms with Gasteiger partial charge in [0.2, 0.25) is 0 Å². The number of nitrogens with one attached hydrogen (secondary N) is 1. The van der Waals surface area contributed by atoms with Crippen LogP contribution in [-0.2, 0) is 13.1 Å². The lowest BCUT2D eigenvalue weighted by atomic mass is 10.1. The quantitative estimate of drug-likeness (QED) is 0.890. The molecule has 0 spiro atoms. The zero-order valence-electron chi connectivity index (χ0n) is 12.9. The zero-order valence-corrected chi connectivity index (χ0v) is 12.9. The van der Waals surface area contributed by atoms with E-state index in [4.69, 9.17) is 0 Å². The molecule has 0 saturated carbocycles. The highest BCUT2D eigenvalue weighted by Gasteiger charge is 1.98. The van der Waals surface area contributed by atoms with Crippen molar-refractivity contribution in [1.82, 2.24) is 5.32 Å². The molecule has 2 heteroatoms. The van der Waals surface area contributed by atoms with Crippen molar-refractivity contribution in [3.8, 4) is 0 Å². The number of hydrogen-bond donors (Lipinski definition) is 1. The molecule has 2 rings (SSSR count). The van der Waals surface area contributed by atoms with Crippen LogP contribution in [-0.4, -0.2) is 14.1 Å². The number of benzene rings is 2. The predicted molar refractivity (Wildman–Crippen MR) is 87.2 cm³/mol. The van der Waals surface area contributed by atoms with Crippen LogP contribution >= 0.6 is 0 Å². The number of nitrogens with zero attached hydrogens (tertiary/aromatic N) is 1. The number of aryl methyl sites for hydroxylation is 2. The SMILES string of the molecule is Cc1ccc(CNCc2ccc(N(C)C)cc2)cc1C. The predicted octanol–water partition coefficient (Wildman–Crippen LogP) is 3.66. The summed E-state index contributed by atoms with van der Waals surface area (Å²) in [5, 5.41) is 3.50. The van der Waals surface area contributed by atoms with E-state index < -0.39 is 0 Å². The third kappa shape index (κ3) is 3.84. The Labute approximate surface area is 122 Å². The Bertz CT molecular complexity index is 556. The fourth-order valence-electron chi connectivity index (χ4n) is 2.18. The third-order valence-corrected chi connectivity index (χ3v) is 3.68. The van der Waals surface area contributed by atoms with Crippen LogP contribution < -0.4 is 10.2 Å². The maximum atomic E-state index is 3.50. The van der Waals surface area contributed by atoms with E-state index in [0.29, 0.717) is 0 Å². The van der Waals surface area contributed by atoms with Gasteiger partial charge in [-0.1, -0.05) is 30.3 Å². The summed E-state index contributed by atoms with van der Waals surface area (Å²) in [5.74, 6) is 0. The van der Waals surface area contributed by atoms with E-state index in [9.17, 15) is 0 Å². The first kappa shape index (κ1) is 14.6. The minimum Gasteiger partial charge on any atom is -0.378 e. The van der Waals surface area contributed by atoms with Crippen LogP contribution in [0, 0.1) is 13.8 Å². The monoisotopic (exact) mass is 268 g/mol. The van der Waals surface area contributed by atoms with E-state index in [1.54, 1.807) is 0 Å². The molecule has 1 N–H and O–H groups in total. The minimum atomic E-state index is 0.903. The van der Waals surface area contributed by atoms with Gasteiger partial charge in [-0.2, -0.15) is 0 Å². The first-order valence-corrected chi connectivity index (χ1v) is 7.09. The first-order chi connectivity index (χ1) is 9.56. The molecular formula is C18H24N2. The first-order valence-electron chi connectivity index (χ1n) is 7.09. The van der Waals surface area contributed by atoms with E-state index >= 15 is 0 Å². The van der Waals surface area contributed by atoms with E-state index in [1.807, 2.05) is 0 Å². The molecule has 0 aromatic heterocycles. The average Bonchev–Trinajstić information content (AvgIpc) is 2.43. The van der Waals surface area contributed by atoms with Crippen molar-refractivity contribution in [1.29, 1.82) is 0 Å². The molecule has 0 atom stereocenters.